The van der Waals surface area contributed by atoms with Crippen LogP contribution in [0.25, 0.3) is 0 Å². The molecule has 0 saturated heterocycles. The average molecular weight is 437 g/mol. The van der Waals surface area contributed by atoms with Gasteiger partial charge in [-0.3, -0.25) is 0 Å². The summed E-state index contributed by atoms with van der Waals surface area (Å²) < 4.78 is 0.798. The zero-order valence-corrected chi connectivity index (χ0v) is 18.7. The van der Waals surface area contributed by atoms with Crippen LogP contribution in [-0.4, -0.2) is 10.7 Å². The predicted molar refractivity (Wildman–Crippen MR) is 119 cm³/mol. The van der Waals surface area contributed by atoms with Crippen LogP contribution in [-0.2, 0) is 12.8 Å². The van der Waals surface area contributed by atoms with E-state index >= 15 is 0 Å². The highest BCUT2D eigenvalue weighted by atomic mass is 35.5. The molecule has 1 aromatic carbocycles. The number of benzene rings is 1. The predicted octanol–water partition coefficient (Wildman–Crippen LogP) is 5.07. The molecule has 1 heterocycles. The molecule has 1 N–H and O–H groups in total. The molecule has 0 bridgehead atoms. The van der Waals surface area contributed by atoms with Gasteiger partial charge in [-0.2, -0.15) is 9.99 Å². The molecule has 5 rings (SSSR count). The first-order valence-corrected chi connectivity index (χ1v) is 11.9. The number of nitriles is 1. The number of hydrogen-bond acceptors (Lipinski definition) is 3. The molecule has 31 heavy (non-hydrogen) atoms. The van der Waals surface area contributed by atoms with Crippen molar-refractivity contribution in [2.45, 2.75) is 69.8 Å². The molecule has 3 unspecified atom stereocenters. The lowest BCUT2D eigenvalue weighted by atomic mass is 9.46. The van der Waals surface area contributed by atoms with E-state index in [9.17, 15) is 15.6 Å². The third kappa shape index (κ3) is 3.17. The monoisotopic (exact) mass is 436 g/mol. The zero-order valence-electron chi connectivity index (χ0n) is 18.0. The smallest absolute Gasteiger partial charge is 0.180 e. The topological polar surface area (TPSA) is 71.0 Å². The lowest BCUT2D eigenvalue weighted by Crippen LogP contribution is -2.59. The van der Waals surface area contributed by atoms with E-state index in [4.69, 9.17) is 11.6 Å². The molecular weight excluding hydrogens is 408 g/mol. The Balaban J connectivity index is 1.47. The fraction of sp³-hybridized carbons (Fsp3) is 0.538. The van der Waals surface area contributed by atoms with Crippen molar-refractivity contribution >= 4 is 11.6 Å². The molecule has 0 radical (unpaired) electrons. The van der Waals surface area contributed by atoms with Crippen LogP contribution in [0.2, 0.25) is 5.02 Å². The number of aliphatic hydroxyl groups is 1. The summed E-state index contributed by atoms with van der Waals surface area (Å²) in [6, 6.07) is 9.92. The summed E-state index contributed by atoms with van der Waals surface area (Å²) in [5.41, 5.74) is 3.23. The Bertz CT molecular complexity index is 1050. The molecule has 1 aromatic heterocycles. The normalized spacial score (nSPS) is 34.2. The number of halogens is 1. The molecule has 5 atom stereocenters. The van der Waals surface area contributed by atoms with E-state index in [1.807, 2.05) is 18.2 Å². The van der Waals surface area contributed by atoms with E-state index in [-0.39, 0.29) is 5.41 Å². The van der Waals surface area contributed by atoms with Crippen LogP contribution in [0.15, 0.2) is 36.7 Å². The molecule has 3 aliphatic carbocycles. The van der Waals surface area contributed by atoms with Crippen molar-refractivity contribution in [3.63, 3.8) is 0 Å². The highest BCUT2D eigenvalue weighted by molar-refractivity contribution is 6.32. The van der Waals surface area contributed by atoms with Crippen LogP contribution < -0.4 is 4.73 Å². The second-order valence-electron chi connectivity index (χ2n) is 10.1. The van der Waals surface area contributed by atoms with Crippen LogP contribution in [0.4, 0.5) is 0 Å². The van der Waals surface area contributed by atoms with Crippen molar-refractivity contribution in [2.75, 3.05) is 0 Å². The molecule has 4 nitrogen and oxygen atoms in total. The standard InChI is InChI=1S/C26H29ClN2O2/c1-25-12-8-20-19-5-4-18(16-28)24(27)22(19)7-6-21(20)23(25)3-2-11-26(25,30)15-17-9-13-29(31)14-10-17/h4-5,9-10,13-14,20-21,23,30H,2-3,6-8,11-12,15H2,1H3/t20?,21?,23?,25-,26-/m0/s1. The van der Waals surface area contributed by atoms with E-state index in [1.54, 1.807) is 0 Å². The third-order valence-corrected chi connectivity index (χ3v) is 9.32. The van der Waals surface area contributed by atoms with Gasteiger partial charge in [0.15, 0.2) is 12.4 Å². The van der Waals surface area contributed by atoms with Crippen molar-refractivity contribution in [1.29, 1.82) is 5.26 Å². The molecule has 0 aliphatic heterocycles. The van der Waals surface area contributed by atoms with Crippen molar-refractivity contribution < 1.29 is 9.84 Å². The Hall–Kier alpha value is -2.09. The van der Waals surface area contributed by atoms with Crippen LogP contribution in [0, 0.1) is 33.8 Å². The molecular formula is C26H29ClN2O2. The second kappa shape index (κ2) is 7.50. The highest BCUT2D eigenvalue weighted by Gasteiger charge is 2.59. The van der Waals surface area contributed by atoms with Gasteiger partial charge in [-0.15, -0.1) is 0 Å². The minimum Gasteiger partial charge on any atom is -0.619 e. The van der Waals surface area contributed by atoms with E-state index < -0.39 is 5.60 Å². The number of fused-ring (bicyclic) bond motifs is 5. The Morgan fingerprint density at radius 1 is 1.19 bits per heavy atom. The molecule has 162 valence electrons. The van der Waals surface area contributed by atoms with E-state index in [2.05, 4.69) is 19.1 Å². The summed E-state index contributed by atoms with van der Waals surface area (Å²) in [6.45, 7) is 2.31. The molecule has 2 saturated carbocycles. The van der Waals surface area contributed by atoms with E-state index in [0.29, 0.717) is 34.8 Å². The SMILES string of the molecule is C[C@]12CCC3c4ccc(C#N)c(Cl)c4CCC3C1CCC[C@]2(O)Cc1cc[n+]([O-])cc1. The van der Waals surface area contributed by atoms with Crippen molar-refractivity contribution in [2.24, 2.45) is 17.3 Å². The van der Waals surface area contributed by atoms with E-state index in [1.165, 1.54) is 23.5 Å². The summed E-state index contributed by atoms with van der Waals surface area (Å²) in [4.78, 5) is 0. The van der Waals surface area contributed by atoms with Crippen LogP contribution >= 0.6 is 11.6 Å². The number of hydrogen-bond donors (Lipinski definition) is 1. The van der Waals surface area contributed by atoms with Crippen molar-refractivity contribution in [3.8, 4) is 6.07 Å². The van der Waals surface area contributed by atoms with Gasteiger partial charge in [0, 0.05) is 18.6 Å². The van der Waals surface area contributed by atoms with Crippen molar-refractivity contribution in [1.82, 2.24) is 0 Å². The molecule has 2 fully saturated rings. The summed E-state index contributed by atoms with van der Waals surface area (Å²) >= 11 is 6.58. The first-order chi connectivity index (χ1) is 14.9. The quantitative estimate of drug-likeness (QED) is 0.528. The van der Waals surface area contributed by atoms with Crippen LogP contribution in [0.5, 0.6) is 0 Å². The van der Waals surface area contributed by atoms with Crippen LogP contribution in [0.1, 0.15) is 73.6 Å². The largest absolute Gasteiger partial charge is 0.619 e. The Kier molecular flexibility index (Phi) is 5.03. The van der Waals surface area contributed by atoms with Gasteiger partial charge < -0.3 is 10.3 Å². The summed E-state index contributed by atoms with van der Waals surface area (Å²) in [7, 11) is 0. The summed E-state index contributed by atoms with van der Waals surface area (Å²) in [6.07, 6.45) is 10.7. The zero-order chi connectivity index (χ0) is 21.8. The maximum absolute atomic E-state index is 12.0. The van der Waals surface area contributed by atoms with Gasteiger partial charge in [0.1, 0.15) is 6.07 Å². The number of aromatic nitrogens is 1. The Morgan fingerprint density at radius 2 is 1.97 bits per heavy atom. The molecule has 0 spiro atoms. The number of rotatable bonds is 2. The highest BCUT2D eigenvalue weighted by Crippen LogP contribution is 2.63. The molecule has 5 heteroatoms. The van der Waals surface area contributed by atoms with Crippen LogP contribution in [0.3, 0.4) is 0 Å². The average Bonchev–Trinajstić information content (AvgIpc) is 2.76. The maximum atomic E-state index is 12.0. The van der Waals surface area contributed by atoms with Crippen molar-refractivity contribution in [3.05, 3.63) is 69.1 Å². The maximum Gasteiger partial charge on any atom is 0.180 e. The minimum absolute atomic E-state index is 0.135. The Labute approximate surface area is 189 Å². The fourth-order valence-electron chi connectivity index (χ4n) is 7.23. The van der Waals surface area contributed by atoms with E-state index in [0.717, 1.165) is 55.2 Å². The minimum atomic E-state index is -0.751. The fourth-order valence-corrected chi connectivity index (χ4v) is 7.54. The Morgan fingerprint density at radius 3 is 2.71 bits per heavy atom. The van der Waals surface area contributed by atoms with Gasteiger partial charge in [0.2, 0.25) is 0 Å². The molecule has 2 aromatic rings. The van der Waals surface area contributed by atoms with Gasteiger partial charge in [0.05, 0.1) is 16.2 Å². The summed E-state index contributed by atoms with van der Waals surface area (Å²) in [5, 5.41) is 33.4. The number of pyridine rings is 1. The molecule has 0 amide bonds. The lowest BCUT2D eigenvalue weighted by Gasteiger charge is -2.61. The summed E-state index contributed by atoms with van der Waals surface area (Å²) in [5.74, 6) is 1.48. The lowest BCUT2D eigenvalue weighted by molar-refractivity contribution is -0.605. The number of nitrogens with zero attached hydrogens (tertiary/aromatic N) is 2. The van der Waals surface area contributed by atoms with Gasteiger partial charge >= 0.3 is 0 Å². The van der Waals surface area contributed by atoms with Gasteiger partial charge in [0.25, 0.3) is 0 Å². The first kappa shape index (κ1) is 20.8. The first-order valence-electron chi connectivity index (χ1n) is 11.5. The van der Waals surface area contributed by atoms with Gasteiger partial charge in [-0.1, -0.05) is 31.0 Å². The van der Waals surface area contributed by atoms with Gasteiger partial charge in [-0.05, 0) is 84.5 Å². The third-order valence-electron chi connectivity index (χ3n) is 8.89. The second-order valence-corrected chi connectivity index (χ2v) is 10.5. The van der Waals surface area contributed by atoms with Gasteiger partial charge in [-0.25, -0.2) is 0 Å². The molecule has 3 aliphatic rings.